The molecule has 2 aliphatic heterocycles. The molecule has 0 radical (unpaired) electrons. The average Bonchev–Trinajstić information content (AvgIpc) is 3.34. The molecular weight excluding hydrogens is 656 g/mol. The molecule has 4 heterocycles. The lowest BCUT2D eigenvalue weighted by molar-refractivity contribution is 0.0485. The fraction of sp³-hybridized carbons (Fsp3) is 0.405. The van der Waals surface area contributed by atoms with Gasteiger partial charge in [0.15, 0.2) is 5.76 Å². The van der Waals surface area contributed by atoms with Gasteiger partial charge in [-0.05, 0) is 118 Å². The SMILES string of the molecule is COc1cc(C(=O)N2CC3CCC2C3NC(=O)OC(C)(C)C)cc2oc(-c3cc4ccc(-c5ccc6c(c5)CNC6=O)cc4n3CC3CC3)c(C)c12. The number of ether oxygens (including phenoxy) is 2. The number of amides is 3. The summed E-state index contributed by atoms with van der Waals surface area (Å²) in [6.07, 6.45) is 3.75. The standard InChI is InChI=1S/C42H44N4O6/c1-22-36-34(50-5)17-28(40(48)46-21-27-11-13-31(46)37(27)44-41(49)52-42(2,3)4)18-35(36)51-38(22)33-16-26-9-8-25(15-32(26)45(33)20-23-6-7-23)24-10-12-30-29(14-24)19-43-39(30)47/h8-10,12,14-18,23,27,31,37H,6-7,11,13,19-21H2,1-5H3,(H,43,47)(H,44,49). The highest BCUT2D eigenvalue weighted by Crippen LogP contribution is 2.44. The van der Waals surface area contributed by atoms with E-state index >= 15 is 0 Å². The van der Waals surface area contributed by atoms with Gasteiger partial charge in [0.1, 0.15) is 16.9 Å². The summed E-state index contributed by atoms with van der Waals surface area (Å²) >= 11 is 0. The molecular formula is C42H44N4O6. The maximum absolute atomic E-state index is 14.2. The van der Waals surface area contributed by atoms with E-state index in [1.165, 1.54) is 12.8 Å². The number of hydrogen-bond donors (Lipinski definition) is 2. The number of rotatable bonds is 7. The monoisotopic (exact) mass is 700 g/mol. The summed E-state index contributed by atoms with van der Waals surface area (Å²) in [4.78, 5) is 40.9. The number of fused-ring (bicyclic) bond motifs is 5. The minimum absolute atomic E-state index is 0.0152. The van der Waals surface area contributed by atoms with Crippen molar-refractivity contribution in [2.24, 2.45) is 11.8 Å². The Morgan fingerprint density at radius 1 is 1.00 bits per heavy atom. The number of hydrogen-bond acceptors (Lipinski definition) is 6. The number of piperidine rings is 1. The number of nitrogens with one attached hydrogen (secondary N) is 2. The van der Waals surface area contributed by atoms with Crippen LogP contribution in [0.1, 0.15) is 78.3 Å². The van der Waals surface area contributed by atoms with Crippen LogP contribution in [0.5, 0.6) is 5.75 Å². The summed E-state index contributed by atoms with van der Waals surface area (Å²) in [5.41, 5.74) is 7.56. The Bertz CT molecular complexity index is 2310. The Balaban J connectivity index is 1.06. The molecule has 3 atom stereocenters. The number of aromatic nitrogens is 1. The smallest absolute Gasteiger partial charge is 0.407 e. The van der Waals surface area contributed by atoms with Crippen molar-refractivity contribution in [2.45, 2.75) is 84.2 Å². The van der Waals surface area contributed by atoms with Crippen LogP contribution in [-0.2, 0) is 17.8 Å². The van der Waals surface area contributed by atoms with Crippen LogP contribution in [0, 0.1) is 18.8 Å². The number of furan rings is 1. The molecule has 10 heteroatoms. The van der Waals surface area contributed by atoms with Crippen molar-refractivity contribution >= 4 is 39.8 Å². The van der Waals surface area contributed by atoms with Crippen LogP contribution >= 0.6 is 0 Å². The number of benzene rings is 3. The molecule has 2 N–H and O–H groups in total. The average molecular weight is 701 g/mol. The second-order valence-corrected chi connectivity index (χ2v) is 16.1. The summed E-state index contributed by atoms with van der Waals surface area (Å²) in [6.45, 7) is 9.62. The molecule has 4 aliphatic rings. The quantitative estimate of drug-likeness (QED) is 0.179. The highest BCUT2D eigenvalue weighted by molar-refractivity contribution is 6.03. The highest BCUT2D eigenvalue weighted by Gasteiger charge is 2.50. The van der Waals surface area contributed by atoms with Crippen molar-refractivity contribution in [3.63, 3.8) is 0 Å². The lowest BCUT2D eigenvalue weighted by Crippen LogP contribution is -2.46. The van der Waals surface area contributed by atoms with Crippen molar-refractivity contribution in [1.29, 1.82) is 0 Å². The zero-order valence-corrected chi connectivity index (χ0v) is 30.3. The van der Waals surface area contributed by atoms with Gasteiger partial charge in [0.25, 0.3) is 11.8 Å². The molecule has 2 bridgehead atoms. The van der Waals surface area contributed by atoms with Crippen molar-refractivity contribution in [3.05, 3.63) is 76.9 Å². The lowest BCUT2D eigenvalue weighted by Gasteiger charge is -2.28. The number of nitrogens with zero attached hydrogens (tertiary/aromatic N) is 2. The van der Waals surface area contributed by atoms with Crippen LogP contribution in [0.2, 0.25) is 0 Å². The van der Waals surface area contributed by atoms with Gasteiger partial charge in [0.2, 0.25) is 0 Å². The largest absolute Gasteiger partial charge is 0.496 e. The molecule has 3 unspecified atom stereocenters. The van der Waals surface area contributed by atoms with Gasteiger partial charge in [-0.15, -0.1) is 0 Å². The molecule has 2 aromatic heterocycles. The predicted molar refractivity (Wildman–Crippen MR) is 198 cm³/mol. The van der Waals surface area contributed by atoms with Crippen molar-refractivity contribution in [1.82, 2.24) is 20.1 Å². The van der Waals surface area contributed by atoms with Crippen LogP contribution in [-0.4, -0.2) is 58.7 Å². The van der Waals surface area contributed by atoms with E-state index in [0.29, 0.717) is 35.9 Å². The third-order valence-corrected chi connectivity index (χ3v) is 11.4. The Hall–Kier alpha value is -5.25. The number of methoxy groups -OCH3 is 1. The van der Waals surface area contributed by atoms with E-state index < -0.39 is 11.7 Å². The van der Waals surface area contributed by atoms with Gasteiger partial charge < -0.3 is 34.0 Å². The Morgan fingerprint density at radius 2 is 1.79 bits per heavy atom. The topological polar surface area (TPSA) is 115 Å². The number of carbonyl (C=O) groups is 3. The van der Waals surface area contributed by atoms with Gasteiger partial charge >= 0.3 is 6.09 Å². The Morgan fingerprint density at radius 3 is 2.56 bits per heavy atom. The zero-order chi connectivity index (χ0) is 36.1. The normalized spacial score (nSPS) is 20.8. The number of likely N-dealkylation sites (tertiary alicyclic amines) is 1. The summed E-state index contributed by atoms with van der Waals surface area (Å²) in [5, 5.41) is 7.95. The Labute approximate surface area is 302 Å². The fourth-order valence-corrected chi connectivity index (χ4v) is 8.72. The molecule has 10 nitrogen and oxygen atoms in total. The van der Waals surface area contributed by atoms with E-state index in [-0.39, 0.29) is 29.8 Å². The molecule has 5 aromatic rings. The van der Waals surface area contributed by atoms with Gasteiger partial charge in [-0.3, -0.25) is 9.59 Å². The molecule has 2 saturated carbocycles. The number of aryl methyl sites for hydroxylation is 1. The second kappa shape index (κ2) is 11.9. The summed E-state index contributed by atoms with van der Waals surface area (Å²) in [7, 11) is 1.63. The first-order valence-corrected chi connectivity index (χ1v) is 18.4. The van der Waals surface area contributed by atoms with Crippen LogP contribution in [0.25, 0.3) is 44.5 Å². The second-order valence-electron chi connectivity index (χ2n) is 16.1. The van der Waals surface area contributed by atoms with Gasteiger partial charge in [-0.2, -0.15) is 0 Å². The maximum atomic E-state index is 14.2. The molecule has 268 valence electrons. The third-order valence-electron chi connectivity index (χ3n) is 11.4. The first-order chi connectivity index (χ1) is 25.0. The van der Waals surface area contributed by atoms with Crippen LogP contribution in [0.4, 0.5) is 4.79 Å². The molecule has 3 aromatic carbocycles. The summed E-state index contributed by atoms with van der Waals surface area (Å²) in [5.74, 6) is 2.04. The van der Waals surface area contributed by atoms with E-state index in [9.17, 15) is 14.4 Å². The zero-order valence-electron chi connectivity index (χ0n) is 30.3. The van der Waals surface area contributed by atoms with Crippen LogP contribution < -0.4 is 15.4 Å². The lowest BCUT2D eigenvalue weighted by atomic mass is 9.99. The van der Waals surface area contributed by atoms with E-state index in [1.807, 2.05) is 49.9 Å². The molecule has 1 saturated heterocycles. The molecule has 0 spiro atoms. The third kappa shape index (κ3) is 5.50. The van der Waals surface area contributed by atoms with E-state index in [4.69, 9.17) is 13.9 Å². The number of alkyl carbamates (subject to hydrolysis) is 1. The molecule has 52 heavy (non-hydrogen) atoms. The molecule has 9 rings (SSSR count). The summed E-state index contributed by atoms with van der Waals surface area (Å²) < 4.78 is 20.6. The van der Waals surface area contributed by atoms with Gasteiger partial charge in [0.05, 0.1) is 30.3 Å². The molecule has 2 aliphatic carbocycles. The van der Waals surface area contributed by atoms with Crippen molar-refractivity contribution < 1.29 is 28.3 Å². The van der Waals surface area contributed by atoms with E-state index in [0.717, 1.165) is 74.9 Å². The minimum atomic E-state index is -0.595. The van der Waals surface area contributed by atoms with Crippen LogP contribution in [0.3, 0.4) is 0 Å². The van der Waals surface area contributed by atoms with Gasteiger partial charge in [-0.25, -0.2) is 4.79 Å². The van der Waals surface area contributed by atoms with E-state index in [1.54, 1.807) is 7.11 Å². The summed E-state index contributed by atoms with van der Waals surface area (Å²) in [6, 6.07) is 18.3. The fourth-order valence-electron chi connectivity index (χ4n) is 8.72. The Kier molecular flexibility index (Phi) is 7.47. The maximum Gasteiger partial charge on any atom is 0.407 e. The van der Waals surface area contributed by atoms with Crippen LogP contribution in [0.15, 0.2) is 59.0 Å². The highest BCUT2D eigenvalue weighted by atomic mass is 16.6. The predicted octanol–water partition coefficient (Wildman–Crippen LogP) is 7.82. The van der Waals surface area contributed by atoms with Gasteiger partial charge in [0, 0.05) is 47.2 Å². The minimum Gasteiger partial charge on any atom is -0.496 e. The van der Waals surface area contributed by atoms with Crippen molar-refractivity contribution in [3.8, 4) is 28.3 Å². The number of carbonyl (C=O) groups excluding carboxylic acids is 3. The first kappa shape index (κ1) is 32.6. The van der Waals surface area contributed by atoms with Crippen molar-refractivity contribution in [2.75, 3.05) is 13.7 Å². The molecule has 3 amide bonds. The molecule has 3 fully saturated rings. The van der Waals surface area contributed by atoms with Gasteiger partial charge in [-0.1, -0.05) is 18.2 Å². The van der Waals surface area contributed by atoms with E-state index in [2.05, 4.69) is 52.5 Å². The first-order valence-electron chi connectivity index (χ1n) is 18.4.